The van der Waals surface area contributed by atoms with Crippen LogP contribution >= 0.6 is 0 Å². The predicted octanol–water partition coefficient (Wildman–Crippen LogP) is 3.06. The third kappa shape index (κ3) is 3.19. The van der Waals surface area contributed by atoms with Gasteiger partial charge in [-0.25, -0.2) is 0 Å². The maximum atomic E-state index is 12.2. The number of hydrogen-bond donors (Lipinski definition) is 1. The van der Waals surface area contributed by atoms with E-state index in [9.17, 15) is 4.79 Å². The third-order valence-corrected chi connectivity index (χ3v) is 3.05. The number of aromatic nitrogens is 1. The van der Waals surface area contributed by atoms with E-state index in [0.29, 0.717) is 5.56 Å². The summed E-state index contributed by atoms with van der Waals surface area (Å²) in [5.74, 6) is -0.0874. The molecule has 98 valence electrons. The number of pyridine rings is 1. The molecule has 0 saturated heterocycles. The predicted molar refractivity (Wildman–Crippen MR) is 75.9 cm³/mol. The first-order valence-corrected chi connectivity index (χ1v) is 6.30. The first-order valence-electron chi connectivity index (χ1n) is 6.30. The standard InChI is InChI=1S/C16H18N2O/c1-12-7-9-13(10-8-12)15(19)18-16(2,3)14-6-4-5-11-17-14/h4-11H,1-3H3,(H,18,19). The minimum Gasteiger partial charge on any atom is -0.342 e. The van der Waals surface area contributed by atoms with E-state index in [1.807, 2.05) is 63.2 Å². The van der Waals surface area contributed by atoms with E-state index in [4.69, 9.17) is 0 Å². The van der Waals surface area contributed by atoms with Crippen LogP contribution in [0, 0.1) is 6.92 Å². The van der Waals surface area contributed by atoms with Gasteiger partial charge < -0.3 is 5.32 Å². The summed E-state index contributed by atoms with van der Waals surface area (Å²) in [6.45, 7) is 5.89. The topological polar surface area (TPSA) is 42.0 Å². The number of carbonyl (C=O) groups excluding carboxylic acids is 1. The molecule has 19 heavy (non-hydrogen) atoms. The molecule has 0 bridgehead atoms. The summed E-state index contributed by atoms with van der Waals surface area (Å²) in [5, 5.41) is 3.01. The normalized spacial score (nSPS) is 11.1. The molecule has 0 saturated carbocycles. The van der Waals surface area contributed by atoms with Gasteiger partial charge in [0.1, 0.15) is 0 Å². The minimum absolute atomic E-state index is 0.0874. The molecule has 0 unspecified atom stereocenters. The Morgan fingerprint density at radius 2 is 1.79 bits per heavy atom. The summed E-state index contributed by atoms with van der Waals surface area (Å²) in [5.41, 5.74) is 2.15. The van der Waals surface area contributed by atoms with Crippen LogP contribution in [-0.4, -0.2) is 10.9 Å². The molecule has 1 N–H and O–H groups in total. The molecule has 0 aliphatic rings. The van der Waals surface area contributed by atoms with Gasteiger partial charge in [-0.15, -0.1) is 0 Å². The highest BCUT2D eigenvalue weighted by Gasteiger charge is 2.24. The summed E-state index contributed by atoms with van der Waals surface area (Å²) in [4.78, 5) is 16.5. The number of nitrogens with one attached hydrogen (secondary N) is 1. The molecule has 0 aliphatic carbocycles. The van der Waals surface area contributed by atoms with E-state index in [1.165, 1.54) is 0 Å². The Morgan fingerprint density at radius 1 is 1.11 bits per heavy atom. The number of benzene rings is 1. The fourth-order valence-corrected chi connectivity index (χ4v) is 1.86. The van der Waals surface area contributed by atoms with Gasteiger partial charge in [-0.1, -0.05) is 23.8 Å². The molecule has 0 atom stereocenters. The molecule has 0 spiro atoms. The molecule has 2 rings (SSSR count). The highest BCUT2D eigenvalue weighted by Crippen LogP contribution is 2.18. The zero-order valence-electron chi connectivity index (χ0n) is 11.5. The second-order valence-corrected chi connectivity index (χ2v) is 5.16. The quantitative estimate of drug-likeness (QED) is 0.914. The van der Waals surface area contributed by atoms with Gasteiger partial charge >= 0.3 is 0 Å². The van der Waals surface area contributed by atoms with E-state index in [2.05, 4.69) is 10.3 Å². The van der Waals surface area contributed by atoms with Crippen molar-refractivity contribution in [1.29, 1.82) is 0 Å². The van der Waals surface area contributed by atoms with Crippen molar-refractivity contribution in [3.63, 3.8) is 0 Å². The zero-order chi connectivity index (χ0) is 13.9. The molecule has 0 fully saturated rings. The molecule has 2 aromatic rings. The molecular weight excluding hydrogens is 236 g/mol. The maximum absolute atomic E-state index is 12.2. The smallest absolute Gasteiger partial charge is 0.252 e. The SMILES string of the molecule is Cc1ccc(C(=O)NC(C)(C)c2ccccn2)cc1. The second kappa shape index (κ2) is 5.22. The lowest BCUT2D eigenvalue weighted by Crippen LogP contribution is -2.41. The molecule has 1 aromatic heterocycles. The van der Waals surface area contributed by atoms with Gasteiger partial charge in [-0.3, -0.25) is 9.78 Å². The molecule has 0 radical (unpaired) electrons. The lowest BCUT2D eigenvalue weighted by Gasteiger charge is -2.25. The molecule has 1 aromatic carbocycles. The first-order chi connectivity index (χ1) is 8.99. The Morgan fingerprint density at radius 3 is 2.37 bits per heavy atom. The Hall–Kier alpha value is -2.16. The summed E-state index contributed by atoms with van der Waals surface area (Å²) in [6, 6.07) is 13.2. The maximum Gasteiger partial charge on any atom is 0.252 e. The van der Waals surface area contributed by atoms with E-state index >= 15 is 0 Å². The number of aryl methyl sites for hydroxylation is 1. The van der Waals surface area contributed by atoms with Gasteiger partial charge in [-0.2, -0.15) is 0 Å². The third-order valence-electron chi connectivity index (χ3n) is 3.05. The highest BCUT2D eigenvalue weighted by molar-refractivity contribution is 5.94. The van der Waals surface area contributed by atoms with Crippen molar-refractivity contribution in [2.24, 2.45) is 0 Å². The fourth-order valence-electron chi connectivity index (χ4n) is 1.86. The van der Waals surface area contributed by atoms with Crippen LogP contribution in [0.5, 0.6) is 0 Å². The van der Waals surface area contributed by atoms with Crippen molar-refractivity contribution >= 4 is 5.91 Å². The van der Waals surface area contributed by atoms with Gasteiger partial charge in [0, 0.05) is 11.8 Å². The van der Waals surface area contributed by atoms with Gasteiger partial charge in [-0.05, 0) is 45.0 Å². The summed E-state index contributed by atoms with van der Waals surface area (Å²) < 4.78 is 0. The number of hydrogen-bond acceptors (Lipinski definition) is 2. The zero-order valence-corrected chi connectivity index (χ0v) is 11.5. The second-order valence-electron chi connectivity index (χ2n) is 5.16. The van der Waals surface area contributed by atoms with Crippen LogP contribution < -0.4 is 5.32 Å². The van der Waals surface area contributed by atoms with Crippen molar-refractivity contribution in [2.75, 3.05) is 0 Å². The van der Waals surface area contributed by atoms with E-state index in [-0.39, 0.29) is 5.91 Å². The average Bonchev–Trinajstić information content (AvgIpc) is 2.40. The molecule has 3 nitrogen and oxygen atoms in total. The minimum atomic E-state index is -0.497. The number of rotatable bonds is 3. The van der Waals surface area contributed by atoms with E-state index in [0.717, 1.165) is 11.3 Å². The van der Waals surface area contributed by atoms with Crippen molar-refractivity contribution in [2.45, 2.75) is 26.3 Å². The van der Waals surface area contributed by atoms with Crippen molar-refractivity contribution < 1.29 is 4.79 Å². The van der Waals surface area contributed by atoms with E-state index in [1.54, 1.807) is 6.20 Å². The Bertz CT molecular complexity index is 559. The van der Waals surface area contributed by atoms with Gasteiger partial charge in [0.15, 0.2) is 0 Å². The van der Waals surface area contributed by atoms with Crippen LogP contribution in [-0.2, 0) is 5.54 Å². The van der Waals surface area contributed by atoms with Crippen LogP contribution in [0.4, 0.5) is 0 Å². The van der Waals surface area contributed by atoms with Crippen molar-refractivity contribution in [3.8, 4) is 0 Å². The first kappa shape index (κ1) is 13.3. The highest BCUT2D eigenvalue weighted by atomic mass is 16.1. The Labute approximate surface area is 113 Å². The molecule has 0 aliphatic heterocycles. The summed E-state index contributed by atoms with van der Waals surface area (Å²) >= 11 is 0. The van der Waals surface area contributed by atoms with Crippen LogP contribution in [0.2, 0.25) is 0 Å². The fraction of sp³-hybridized carbons (Fsp3) is 0.250. The monoisotopic (exact) mass is 254 g/mol. The van der Waals surface area contributed by atoms with Gasteiger partial charge in [0.05, 0.1) is 11.2 Å². The van der Waals surface area contributed by atoms with Crippen molar-refractivity contribution in [1.82, 2.24) is 10.3 Å². The van der Waals surface area contributed by atoms with Gasteiger partial charge in [0.2, 0.25) is 0 Å². The van der Waals surface area contributed by atoms with Gasteiger partial charge in [0.25, 0.3) is 5.91 Å². The number of carbonyl (C=O) groups is 1. The lowest BCUT2D eigenvalue weighted by molar-refractivity contribution is 0.0910. The molecule has 3 heteroatoms. The Balaban J connectivity index is 2.16. The summed E-state index contributed by atoms with van der Waals surface area (Å²) in [7, 11) is 0. The Kier molecular flexibility index (Phi) is 3.65. The molecule has 1 heterocycles. The van der Waals surface area contributed by atoms with Crippen LogP contribution in [0.3, 0.4) is 0 Å². The number of amides is 1. The van der Waals surface area contributed by atoms with Crippen LogP contribution in [0.15, 0.2) is 48.7 Å². The van der Waals surface area contributed by atoms with Crippen LogP contribution in [0.25, 0.3) is 0 Å². The molecular formula is C16H18N2O. The molecule has 1 amide bonds. The number of nitrogens with zero attached hydrogens (tertiary/aromatic N) is 1. The van der Waals surface area contributed by atoms with Crippen LogP contribution in [0.1, 0.15) is 35.5 Å². The lowest BCUT2D eigenvalue weighted by atomic mass is 9.99. The van der Waals surface area contributed by atoms with E-state index < -0.39 is 5.54 Å². The summed E-state index contributed by atoms with van der Waals surface area (Å²) in [6.07, 6.45) is 1.73. The largest absolute Gasteiger partial charge is 0.342 e. The average molecular weight is 254 g/mol. The van der Waals surface area contributed by atoms with Crippen molar-refractivity contribution in [3.05, 3.63) is 65.5 Å².